The van der Waals surface area contributed by atoms with Crippen LogP contribution in [0.2, 0.25) is 0 Å². The number of carbonyl (C=O) groups excluding carboxylic acids is 2. The largest absolute Gasteiger partial charge is 0.338 e. The van der Waals surface area contributed by atoms with E-state index >= 15 is 0 Å². The van der Waals surface area contributed by atoms with Crippen molar-refractivity contribution in [1.29, 1.82) is 0 Å². The lowest BCUT2D eigenvalue weighted by molar-refractivity contribution is -0.144. The lowest BCUT2D eigenvalue weighted by atomic mass is 10.1. The Hall–Kier alpha value is -1.89. The van der Waals surface area contributed by atoms with E-state index in [1.807, 2.05) is 4.90 Å². The van der Waals surface area contributed by atoms with E-state index in [4.69, 9.17) is 0 Å². The van der Waals surface area contributed by atoms with E-state index in [2.05, 4.69) is 10.4 Å². The van der Waals surface area contributed by atoms with Crippen LogP contribution >= 0.6 is 0 Å². The van der Waals surface area contributed by atoms with Crippen molar-refractivity contribution in [2.45, 2.75) is 25.4 Å². The van der Waals surface area contributed by atoms with Crippen molar-refractivity contribution in [2.24, 2.45) is 0 Å². The van der Waals surface area contributed by atoms with Gasteiger partial charge in [0.1, 0.15) is 12.6 Å². The first kappa shape index (κ1) is 14.1. The zero-order chi connectivity index (χ0) is 14.7. The van der Waals surface area contributed by atoms with E-state index in [0.29, 0.717) is 6.54 Å². The normalized spacial score (nSPS) is 22.6. The van der Waals surface area contributed by atoms with E-state index in [1.54, 1.807) is 28.0 Å². The summed E-state index contributed by atoms with van der Waals surface area (Å²) in [6, 6.07) is 1.51. The lowest BCUT2D eigenvalue weighted by Gasteiger charge is -2.33. The Morgan fingerprint density at radius 1 is 1.24 bits per heavy atom. The van der Waals surface area contributed by atoms with Crippen molar-refractivity contribution in [3.63, 3.8) is 0 Å². The van der Waals surface area contributed by atoms with Gasteiger partial charge < -0.3 is 15.1 Å². The van der Waals surface area contributed by atoms with Gasteiger partial charge in [-0.25, -0.2) is 0 Å². The molecule has 0 spiro atoms. The van der Waals surface area contributed by atoms with Gasteiger partial charge in [-0.05, 0) is 18.9 Å². The van der Waals surface area contributed by atoms with Crippen LogP contribution in [-0.4, -0.2) is 70.2 Å². The average Bonchev–Trinajstić information content (AvgIpc) is 3.18. The molecule has 1 N–H and O–H groups in total. The fourth-order valence-electron chi connectivity index (χ4n) is 3.04. The molecule has 2 fully saturated rings. The molecular formula is C14H21N5O2. The van der Waals surface area contributed by atoms with Gasteiger partial charge in [-0.2, -0.15) is 5.10 Å². The van der Waals surface area contributed by atoms with Crippen LogP contribution in [0.4, 0.5) is 0 Å². The number of carbonyl (C=O) groups is 2. The minimum absolute atomic E-state index is 0.0234. The first-order chi connectivity index (χ1) is 10.3. The van der Waals surface area contributed by atoms with E-state index in [1.165, 1.54) is 0 Å². The van der Waals surface area contributed by atoms with Crippen molar-refractivity contribution < 1.29 is 9.59 Å². The number of hydrogen-bond donors (Lipinski definition) is 1. The quantitative estimate of drug-likeness (QED) is 0.800. The molecule has 0 aromatic carbocycles. The number of likely N-dealkylation sites (tertiary alicyclic amines) is 1. The summed E-state index contributed by atoms with van der Waals surface area (Å²) < 4.78 is 1.60. The molecule has 0 bridgehead atoms. The van der Waals surface area contributed by atoms with Gasteiger partial charge in [0.15, 0.2) is 0 Å². The van der Waals surface area contributed by atoms with Crippen LogP contribution in [0.5, 0.6) is 0 Å². The van der Waals surface area contributed by atoms with Crippen LogP contribution in [0, 0.1) is 0 Å². The number of amides is 2. The monoisotopic (exact) mass is 291 g/mol. The highest BCUT2D eigenvalue weighted by Gasteiger charge is 2.36. The van der Waals surface area contributed by atoms with Crippen molar-refractivity contribution in [1.82, 2.24) is 24.9 Å². The van der Waals surface area contributed by atoms with Crippen LogP contribution in [0.3, 0.4) is 0 Å². The van der Waals surface area contributed by atoms with Gasteiger partial charge in [0.05, 0.1) is 0 Å². The Bertz CT molecular complexity index is 495. The molecule has 0 saturated carbocycles. The fraction of sp³-hybridized carbons (Fsp3) is 0.643. The third-order valence-corrected chi connectivity index (χ3v) is 4.14. The van der Waals surface area contributed by atoms with Crippen LogP contribution < -0.4 is 5.32 Å². The van der Waals surface area contributed by atoms with Crippen LogP contribution in [0.15, 0.2) is 18.5 Å². The molecule has 0 aliphatic carbocycles. The molecule has 1 unspecified atom stereocenters. The fourth-order valence-corrected chi connectivity index (χ4v) is 3.04. The molecule has 114 valence electrons. The summed E-state index contributed by atoms with van der Waals surface area (Å²) in [4.78, 5) is 28.6. The molecule has 2 amide bonds. The van der Waals surface area contributed by atoms with Gasteiger partial charge in [0, 0.05) is 45.1 Å². The van der Waals surface area contributed by atoms with Crippen molar-refractivity contribution in [2.75, 3.05) is 32.7 Å². The predicted molar refractivity (Wildman–Crippen MR) is 76.4 cm³/mol. The second kappa shape index (κ2) is 6.26. The summed E-state index contributed by atoms with van der Waals surface area (Å²) in [5.74, 6) is 0.0764. The summed E-state index contributed by atoms with van der Waals surface area (Å²) >= 11 is 0. The number of nitrogens with one attached hydrogen (secondary N) is 1. The van der Waals surface area contributed by atoms with Gasteiger partial charge in [0.25, 0.3) is 0 Å². The first-order valence-electron chi connectivity index (χ1n) is 7.52. The smallest absolute Gasteiger partial charge is 0.245 e. The molecule has 7 heteroatoms. The molecule has 7 nitrogen and oxygen atoms in total. The molecule has 3 rings (SSSR count). The molecule has 2 aliphatic heterocycles. The Labute approximate surface area is 123 Å². The van der Waals surface area contributed by atoms with Gasteiger partial charge in [-0.15, -0.1) is 0 Å². The SMILES string of the molecule is O=C(C1CCCN1C(=O)Cn1cccn1)N1CCNCC1. The number of piperazine rings is 1. The summed E-state index contributed by atoms with van der Waals surface area (Å²) in [6.07, 6.45) is 5.09. The average molecular weight is 291 g/mol. The van der Waals surface area contributed by atoms with Crippen LogP contribution in [-0.2, 0) is 16.1 Å². The maximum atomic E-state index is 12.6. The number of nitrogens with zero attached hydrogens (tertiary/aromatic N) is 4. The van der Waals surface area contributed by atoms with E-state index in [0.717, 1.165) is 39.0 Å². The zero-order valence-corrected chi connectivity index (χ0v) is 12.1. The zero-order valence-electron chi connectivity index (χ0n) is 12.1. The predicted octanol–water partition coefficient (Wildman–Crippen LogP) is -0.694. The summed E-state index contributed by atoms with van der Waals surface area (Å²) in [5.41, 5.74) is 0. The molecule has 0 radical (unpaired) electrons. The minimum atomic E-state index is -0.286. The standard InChI is InChI=1S/C14H21N5O2/c20-13(11-18-7-2-4-16-18)19-8-1-3-12(19)14(21)17-9-5-15-6-10-17/h2,4,7,12,15H,1,3,5-6,8-11H2. The summed E-state index contributed by atoms with van der Waals surface area (Å²) in [5, 5.41) is 7.29. The lowest BCUT2D eigenvalue weighted by Crippen LogP contribution is -2.53. The molecule has 1 aromatic heterocycles. The molecule has 3 heterocycles. The first-order valence-corrected chi connectivity index (χ1v) is 7.52. The summed E-state index contributed by atoms with van der Waals surface area (Å²) in [6.45, 7) is 4.01. The maximum absolute atomic E-state index is 12.6. The molecule has 1 aromatic rings. The molecule has 1 atom stereocenters. The van der Waals surface area contributed by atoms with Crippen molar-refractivity contribution in [3.8, 4) is 0 Å². The number of aromatic nitrogens is 2. The molecule has 2 saturated heterocycles. The number of rotatable bonds is 3. The summed E-state index contributed by atoms with van der Waals surface area (Å²) in [7, 11) is 0. The Morgan fingerprint density at radius 3 is 2.76 bits per heavy atom. The van der Waals surface area contributed by atoms with Gasteiger partial charge in [0.2, 0.25) is 11.8 Å². The van der Waals surface area contributed by atoms with Gasteiger partial charge in [-0.1, -0.05) is 0 Å². The Morgan fingerprint density at radius 2 is 2.05 bits per heavy atom. The number of hydrogen-bond acceptors (Lipinski definition) is 4. The Kier molecular flexibility index (Phi) is 4.19. The molecule has 21 heavy (non-hydrogen) atoms. The van der Waals surface area contributed by atoms with Gasteiger partial charge in [-0.3, -0.25) is 14.3 Å². The third-order valence-electron chi connectivity index (χ3n) is 4.14. The highest BCUT2D eigenvalue weighted by Crippen LogP contribution is 2.20. The second-order valence-electron chi connectivity index (χ2n) is 5.52. The third kappa shape index (κ3) is 3.07. The van der Waals surface area contributed by atoms with E-state index in [9.17, 15) is 9.59 Å². The van der Waals surface area contributed by atoms with E-state index in [-0.39, 0.29) is 24.4 Å². The topological polar surface area (TPSA) is 70.5 Å². The van der Waals surface area contributed by atoms with E-state index < -0.39 is 0 Å². The minimum Gasteiger partial charge on any atom is -0.338 e. The second-order valence-corrected chi connectivity index (χ2v) is 5.52. The highest BCUT2D eigenvalue weighted by molar-refractivity contribution is 5.88. The highest BCUT2D eigenvalue weighted by atomic mass is 16.2. The van der Waals surface area contributed by atoms with Crippen LogP contribution in [0.1, 0.15) is 12.8 Å². The Balaban J connectivity index is 1.64. The molecular weight excluding hydrogens is 270 g/mol. The van der Waals surface area contributed by atoms with Crippen molar-refractivity contribution >= 4 is 11.8 Å². The molecule has 2 aliphatic rings. The van der Waals surface area contributed by atoms with Gasteiger partial charge >= 0.3 is 0 Å². The maximum Gasteiger partial charge on any atom is 0.245 e. The van der Waals surface area contributed by atoms with Crippen LogP contribution in [0.25, 0.3) is 0 Å². The van der Waals surface area contributed by atoms with Crippen molar-refractivity contribution in [3.05, 3.63) is 18.5 Å².